The normalized spacial score (nSPS) is 24.1. The summed E-state index contributed by atoms with van der Waals surface area (Å²) in [5.74, 6) is 0. The molecule has 0 saturated carbocycles. The minimum Gasteiger partial charge on any atom is -0.385 e. The van der Waals surface area contributed by atoms with Gasteiger partial charge in [-0.05, 0) is 6.42 Å². The molecule has 0 bridgehead atoms. The molecule has 69 valence electrons. The van der Waals surface area contributed by atoms with Crippen LogP contribution in [0.5, 0.6) is 0 Å². The smallest absolute Gasteiger partial charge is 0.312 e. The summed E-state index contributed by atoms with van der Waals surface area (Å²) in [6, 6.07) is 0.260. The number of hydrogen-bond acceptors (Lipinski definition) is 3. The van der Waals surface area contributed by atoms with E-state index in [0.717, 1.165) is 26.1 Å². The number of nitrogens with one attached hydrogen (secondary N) is 1. The van der Waals surface area contributed by atoms with Gasteiger partial charge in [-0.3, -0.25) is 4.79 Å². The van der Waals surface area contributed by atoms with E-state index in [1.54, 1.807) is 12.0 Å². The van der Waals surface area contributed by atoms with Gasteiger partial charge in [0, 0.05) is 39.4 Å². The SMILES string of the molecule is COCCC1CNCCN1[C]=O. The topological polar surface area (TPSA) is 41.6 Å². The summed E-state index contributed by atoms with van der Waals surface area (Å²) in [6.45, 7) is 3.19. The molecule has 12 heavy (non-hydrogen) atoms. The van der Waals surface area contributed by atoms with Gasteiger partial charge in [-0.2, -0.15) is 0 Å². The highest BCUT2D eigenvalue weighted by atomic mass is 16.5. The Morgan fingerprint density at radius 2 is 2.58 bits per heavy atom. The summed E-state index contributed by atoms with van der Waals surface area (Å²) < 4.78 is 4.95. The fourth-order valence-corrected chi connectivity index (χ4v) is 1.39. The summed E-state index contributed by atoms with van der Waals surface area (Å²) >= 11 is 0. The molecule has 1 N–H and O–H groups in total. The maximum absolute atomic E-state index is 10.5. The lowest BCUT2D eigenvalue weighted by Gasteiger charge is -2.32. The van der Waals surface area contributed by atoms with Gasteiger partial charge >= 0.3 is 6.41 Å². The second-order valence-corrected chi connectivity index (χ2v) is 2.92. The zero-order valence-electron chi connectivity index (χ0n) is 7.38. The molecular weight excluding hydrogens is 156 g/mol. The van der Waals surface area contributed by atoms with Gasteiger partial charge in [0.15, 0.2) is 0 Å². The monoisotopic (exact) mass is 171 g/mol. The minimum absolute atomic E-state index is 0.260. The van der Waals surface area contributed by atoms with Gasteiger partial charge in [-0.15, -0.1) is 0 Å². The average Bonchev–Trinajstić information content (AvgIpc) is 2.15. The van der Waals surface area contributed by atoms with Crippen molar-refractivity contribution in [2.45, 2.75) is 12.5 Å². The fraction of sp³-hybridized carbons (Fsp3) is 0.875. The van der Waals surface area contributed by atoms with Gasteiger partial charge < -0.3 is 15.0 Å². The molecule has 1 unspecified atom stereocenters. The summed E-state index contributed by atoms with van der Waals surface area (Å²) in [5.41, 5.74) is 0. The number of carbonyl (C=O) groups excluding carboxylic acids is 1. The molecule has 0 aliphatic carbocycles. The standard InChI is InChI=1S/C8H15N2O2/c1-12-5-2-8-6-9-3-4-10(8)7-11/h8-9H,2-6H2,1H3. The lowest BCUT2D eigenvalue weighted by atomic mass is 10.1. The summed E-state index contributed by atoms with van der Waals surface area (Å²) in [4.78, 5) is 12.2. The average molecular weight is 171 g/mol. The van der Waals surface area contributed by atoms with Crippen molar-refractivity contribution in [1.82, 2.24) is 10.2 Å². The first-order valence-electron chi connectivity index (χ1n) is 4.22. The van der Waals surface area contributed by atoms with Crippen LogP contribution < -0.4 is 5.32 Å². The summed E-state index contributed by atoms with van der Waals surface area (Å²) in [5, 5.41) is 3.23. The Labute approximate surface area is 72.9 Å². The van der Waals surface area contributed by atoms with Crippen molar-refractivity contribution in [1.29, 1.82) is 0 Å². The molecule has 4 heteroatoms. The van der Waals surface area contributed by atoms with Crippen molar-refractivity contribution >= 4 is 6.41 Å². The van der Waals surface area contributed by atoms with Gasteiger partial charge in [0.1, 0.15) is 0 Å². The number of ether oxygens (including phenoxy) is 1. The first kappa shape index (κ1) is 9.48. The zero-order chi connectivity index (χ0) is 8.81. The van der Waals surface area contributed by atoms with Gasteiger partial charge in [-0.1, -0.05) is 0 Å². The van der Waals surface area contributed by atoms with Crippen molar-refractivity contribution in [2.75, 3.05) is 33.4 Å². The van der Waals surface area contributed by atoms with Crippen LogP contribution in [0.25, 0.3) is 0 Å². The number of rotatable bonds is 4. The molecule has 1 radical (unpaired) electrons. The Balaban J connectivity index is 2.31. The lowest BCUT2D eigenvalue weighted by Crippen LogP contribution is -2.50. The maximum atomic E-state index is 10.5. The first-order chi connectivity index (χ1) is 5.88. The third-order valence-electron chi connectivity index (χ3n) is 2.12. The predicted octanol–water partition coefficient (Wildman–Crippen LogP) is -0.636. The van der Waals surface area contributed by atoms with Crippen LogP contribution in [0, 0.1) is 0 Å². The van der Waals surface area contributed by atoms with Gasteiger partial charge in [0.2, 0.25) is 0 Å². The molecule has 0 aromatic heterocycles. The first-order valence-corrected chi connectivity index (χ1v) is 4.22. The molecule has 1 aliphatic rings. The van der Waals surface area contributed by atoms with E-state index in [1.807, 2.05) is 6.41 Å². The van der Waals surface area contributed by atoms with E-state index < -0.39 is 0 Å². The van der Waals surface area contributed by atoms with E-state index in [2.05, 4.69) is 5.32 Å². The van der Waals surface area contributed by atoms with E-state index in [0.29, 0.717) is 6.61 Å². The quantitative estimate of drug-likeness (QED) is 0.612. The van der Waals surface area contributed by atoms with Crippen molar-refractivity contribution in [3.8, 4) is 0 Å². The Bertz CT molecular complexity index is 141. The second kappa shape index (κ2) is 5.11. The molecule has 0 aromatic rings. The Morgan fingerprint density at radius 3 is 3.25 bits per heavy atom. The molecule has 1 atom stereocenters. The van der Waals surface area contributed by atoms with Crippen molar-refractivity contribution in [3.05, 3.63) is 0 Å². The lowest BCUT2D eigenvalue weighted by molar-refractivity contribution is 0.150. The molecule has 1 fully saturated rings. The fourth-order valence-electron chi connectivity index (χ4n) is 1.39. The number of hydrogen-bond donors (Lipinski definition) is 1. The molecule has 1 amide bonds. The van der Waals surface area contributed by atoms with Crippen LogP contribution in [0.2, 0.25) is 0 Å². The largest absolute Gasteiger partial charge is 0.385 e. The number of amides is 1. The molecular formula is C8H15N2O2. The molecule has 1 aliphatic heterocycles. The van der Waals surface area contributed by atoms with Crippen LogP contribution in [0.15, 0.2) is 0 Å². The minimum atomic E-state index is 0.260. The highest BCUT2D eigenvalue weighted by molar-refractivity contribution is 5.49. The van der Waals surface area contributed by atoms with E-state index >= 15 is 0 Å². The molecule has 0 aromatic carbocycles. The summed E-state index contributed by atoms with van der Waals surface area (Å²) in [7, 11) is 1.67. The Hall–Kier alpha value is -0.610. The van der Waals surface area contributed by atoms with E-state index in [9.17, 15) is 4.79 Å². The van der Waals surface area contributed by atoms with E-state index in [-0.39, 0.29) is 6.04 Å². The van der Waals surface area contributed by atoms with Crippen molar-refractivity contribution in [2.24, 2.45) is 0 Å². The third-order valence-corrected chi connectivity index (χ3v) is 2.12. The highest BCUT2D eigenvalue weighted by Gasteiger charge is 2.20. The van der Waals surface area contributed by atoms with Gasteiger partial charge in [-0.25, -0.2) is 0 Å². The van der Waals surface area contributed by atoms with Gasteiger partial charge in [0.05, 0.1) is 0 Å². The van der Waals surface area contributed by atoms with E-state index in [4.69, 9.17) is 4.74 Å². The Morgan fingerprint density at radius 1 is 1.75 bits per heavy atom. The van der Waals surface area contributed by atoms with Crippen LogP contribution in [0.4, 0.5) is 0 Å². The van der Waals surface area contributed by atoms with Crippen molar-refractivity contribution < 1.29 is 9.53 Å². The predicted molar refractivity (Wildman–Crippen MR) is 45.6 cm³/mol. The maximum Gasteiger partial charge on any atom is 0.312 e. The highest BCUT2D eigenvalue weighted by Crippen LogP contribution is 2.04. The van der Waals surface area contributed by atoms with E-state index in [1.165, 1.54) is 0 Å². The van der Waals surface area contributed by atoms with Crippen LogP contribution in [0.1, 0.15) is 6.42 Å². The molecule has 1 saturated heterocycles. The number of nitrogens with zero attached hydrogens (tertiary/aromatic N) is 1. The van der Waals surface area contributed by atoms with Crippen LogP contribution in [-0.4, -0.2) is 50.7 Å². The molecule has 1 heterocycles. The third kappa shape index (κ3) is 2.46. The van der Waals surface area contributed by atoms with Gasteiger partial charge in [0.25, 0.3) is 0 Å². The molecule has 0 spiro atoms. The van der Waals surface area contributed by atoms with Crippen LogP contribution >= 0.6 is 0 Å². The van der Waals surface area contributed by atoms with Crippen LogP contribution in [0.3, 0.4) is 0 Å². The zero-order valence-corrected chi connectivity index (χ0v) is 7.38. The summed E-state index contributed by atoms with van der Waals surface area (Å²) in [6.07, 6.45) is 2.84. The van der Waals surface area contributed by atoms with Crippen LogP contribution in [-0.2, 0) is 9.53 Å². The second-order valence-electron chi connectivity index (χ2n) is 2.92. The number of methoxy groups -OCH3 is 1. The molecule has 4 nitrogen and oxygen atoms in total. The Kier molecular flexibility index (Phi) is 4.04. The van der Waals surface area contributed by atoms with Crippen molar-refractivity contribution in [3.63, 3.8) is 0 Å². The number of piperazine rings is 1. The molecule has 1 rings (SSSR count).